The van der Waals surface area contributed by atoms with Gasteiger partial charge in [0.25, 0.3) is 0 Å². The maximum Gasteiger partial charge on any atom is 0.226 e. The molecule has 5 nitrogen and oxygen atoms in total. The molecule has 2 aromatic rings. The van der Waals surface area contributed by atoms with Crippen LogP contribution in [-0.4, -0.2) is 21.6 Å². The van der Waals surface area contributed by atoms with E-state index < -0.39 is 0 Å². The minimum atomic E-state index is 0.555. The van der Waals surface area contributed by atoms with E-state index in [1.54, 1.807) is 24.7 Å². The van der Waals surface area contributed by atoms with Gasteiger partial charge in [-0.3, -0.25) is 4.98 Å². The van der Waals surface area contributed by atoms with Gasteiger partial charge in [0.1, 0.15) is 0 Å². The van der Waals surface area contributed by atoms with Crippen LogP contribution in [0.25, 0.3) is 0 Å². The number of nitrogens with zero attached hydrogens (tertiary/aromatic N) is 3. The quantitative estimate of drug-likeness (QED) is 0.849. The van der Waals surface area contributed by atoms with Crippen molar-refractivity contribution >= 4 is 5.95 Å². The number of hydrogen-bond donors (Lipinski definition) is 1. The van der Waals surface area contributed by atoms with E-state index in [2.05, 4.69) is 20.3 Å². The Balaban J connectivity index is 1.97. The van der Waals surface area contributed by atoms with E-state index in [4.69, 9.17) is 4.74 Å². The van der Waals surface area contributed by atoms with E-state index in [-0.39, 0.29) is 0 Å². The maximum atomic E-state index is 5.30. The molecule has 1 N–H and O–H groups in total. The standard InChI is InChI=1S/C12H14N4O/c1-2-17-11-5-7-14-12(16-11)15-9-10-4-3-6-13-8-10/h3-8H,2,9H2,1H3,(H,14,15,16). The fourth-order valence-electron chi connectivity index (χ4n) is 1.34. The largest absolute Gasteiger partial charge is 0.478 e. The zero-order valence-corrected chi connectivity index (χ0v) is 9.63. The second kappa shape index (κ2) is 5.79. The van der Waals surface area contributed by atoms with Crippen LogP contribution in [0.3, 0.4) is 0 Å². The van der Waals surface area contributed by atoms with Crippen LogP contribution in [0.4, 0.5) is 5.95 Å². The van der Waals surface area contributed by atoms with Gasteiger partial charge in [-0.25, -0.2) is 4.98 Å². The van der Waals surface area contributed by atoms with E-state index in [0.29, 0.717) is 25.0 Å². The van der Waals surface area contributed by atoms with Gasteiger partial charge in [-0.05, 0) is 18.6 Å². The average Bonchev–Trinajstić information content (AvgIpc) is 2.39. The van der Waals surface area contributed by atoms with Crippen molar-refractivity contribution in [2.45, 2.75) is 13.5 Å². The van der Waals surface area contributed by atoms with Crippen LogP contribution in [0.15, 0.2) is 36.8 Å². The number of hydrogen-bond acceptors (Lipinski definition) is 5. The molecule has 0 saturated carbocycles. The Bertz CT molecular complexity index is 461. The van der Waals surface area contributed by atoms with E-state index in [0.717, 1.165) is 5.56 Å². The molecule has 17 heavy (non-hydrogen) atoms. The zero-order chi connectivity index (χ0) is 11.9. The predicted octanol–water partition coefficient (Wildman–Crippen LogP) is 1.88. The van der Waals surface area contributed by atoms with Crippen molar-refractivity contribution in [1.82, 2.24) is 15.0 Å². The first-order chi connectivity index (χ1) is 8.38. The Morgan fingerprint density at radius 2 is 2.24 bits per heavy atom. The molecular formula is C12H14N4O. The summed E-state index contributed by atoms with van der Waals surface area (Å²) in [4.78, 5) is 12.4. The number of pyridine rings is 1. The molecule has 0 aliphatic rings. The molecule has 2 aromatic heterocycles. The van der Waals surface area contributed by atoms with Crippen molar-refractivity contribution in [3.05, 3.63) is 42.4 Å². The molecule has 0 saturated heterocycles. The van der Waals surface area contributed by atoms with Crippen LogP contribution in [0.2, 0.25) is 0 Å². The van der Waals surface area contributed by atoms with Gasteiger partial charge < -0.3 is 10.1 Å². The van der Waals surface area contributed by atoms with E-state index in [1.165, 1.54) is 0 Å². The Morgan fingerprint density at radius 3 is 3.00 bits per heavy atom. The smallest absolute Gasteiger partial charge is 0.226 e. The topological polar surface area (TPSA) is 59.9 Å². The lowest BCUT2D eigenvalue weighted by atomic mass is 10.3. The normalized spacial score (nSPS) is 9.94. The third-order valence-electron chi connectivity index (χ3n) is 2.10. The molecule has 0 fully saturated rings. The van der Waals surface area contributed by atoms with Crippen molar-refractivity contribution < 1.29 is 4.74 Å². The molecule has 0 amide bonds. The second-order valence-electron chi connectivity index (χ2n) is 3.37. The van der Waals surface area contributed by atoms with Crippen molar-refractivity contribution in [3.63, 3.8) is 0 Å². The van der Waals surface area contributed by atoms with Crippen LogP contribution in [-0.2, 0) is 6.54 Å². The summed E-state index contributed by atoms with van der Waals surface area (Å²) >= 11 is 0. The van der Waals surface area contributed by atoms with E-state index in [9.17, 15) is 0 Å². The molecule has 88 valence electrons. The highest BCUT2D eigenvalue weighted by Gasteiger charge is 1.99. The average molecular weight is 230 g/mol. The lowest BCUT2D eigenvalue weighted by molar-refractivity contribution is 0.326. The van der Waals surface area contributed by atoms with Gasteiger partial charge in [0, 0.05) is 31.2 Å². The highest BCUT2D eigenvalue weighted by molar-refractivity contribution is 5.29. The van der Waals surface area contributed by atoms with Gasteiger partial charge in [0.15, 0.2) is 0 Å². The molecule has 0 atom stereocenters. The van der Waals surface area contributed by atoms with E-state index >= 15 is 0 Å². The summed E-state index contributed by atoms with van der Waals surface area (Å²) in [6.07, 6.45) is 5.22. The maximum absolute atomic E-state index is 5.30. The Labute approximate surface area is 99.9 Å². The molecule has 0 bridgehead atoms. The highest BCUT2D eigenvalue weighted by Crippen LogP contribution is 2.09. The molecule has 0 spiro atoms. The van der Waals surface area contributed by atoms with Gasteiger partial charge in [-0.15, -0.1) is 0 Å². The zero-order valence-electron chi connectivity index (χ0n) is 9.63. The monoisotopic (exact) mass is 230 g/mol. The van der Waals surface area contributed by atoms with Crippen molar-refractivity contribution in [2.24, 2.45) is 0 Å². The summed E-state index contributed by atoms with van der Waals surface area (Å²) in [7, 11) is 0. The first-order valence-corrected chi connectivity index (χ1v) is 5.47. The molecule has 2 heterocycles. The minimum Gasteiger partial charge on any atom is -0.478 e. The molecule has 5 heteroatoms. The number of aromatic nitrogens is 3. The summed E-state index contributed by atoms with van der Waals surface area (Å²) in [6, 6.07) is 5.62. The van der Waals surface area contributed by atoms with Crippen LogP contribution < -0.4 is 10.1 Å². The number of rotatable bonds is 5. The number of ether oxygens (including phenoxy) is 1. The van der Waals surface area contributed by atoms with Crippen LogP contribution in [0.1, 0.15) is 12.5 Å². The van der Waals surface area contributed by atoms with Crippen molar-refractivity contribution in [1.29, 1.82) is 0 Å². The first-order valence-electron chi connectivity index (χ1n) is 5.47. The molecule has 0 radical (unpaired) electrons. The van der Waals surface area contributed by atoms with Crippen molar-refractivity contribution in [2.75, 3.05) is 11.9 Å². The predicted molar refractivity (Wildman–Crippen MR) is 64.8 cm³/mol. The molecular weight excluding hydrogens is 216 g/mol. The third kappa shape index (κ3) is 3.41. The van der Waals surface area contributed by atoms with Crippen molar-refractivity contribution in [3.8, 4) is 5.88 Å². The van der Waals surface area contributed by atoms with Gasteiger partial charge in [0.2, 0.25) is 11.8 Å². The van der Waals surface area contributed by atoms with Gasteiger partial charge in [-0.2, -0.15) is 4.98 Å². The summed E-state index contributed by atoms with van der Waals surface area (Å²) in [5.74, 6) is 1.14. The summed E-state index contributed by atoms with van der Waals surface area (Å²) in [5.41, 5.74) is 1.08. The molecule has 0 unspecified atom stereocenters. The van der Waals surface area contributed by atoms with Gasteiger partial charge >= 0.3 is 0 Å². The van der Waals surface area contributed by atoms with E-state index in [1.807, 2.05) is 19.1 Å². The Kier molecular flexibility index (Phi) is 3.85. The molecule has 2 rings (SSSR count). The molecule has 0 aromatic carbocycles. The summed E-state index contributed by atoms with van der Waals surface area (Å²) < 4.78 is 5.30. The SMILES string of the molecule is CCOc1ccnc(NCc2cccnc2)n1. The highest BCUT2D eigenvalue weighted by atomic mass is 16.5. The molecule has 0 aliphatic heterocycles. The van der Waals surface area contributed by atoms with Crippen LogP contribution >= 0.6 is 0 Å². The number of nitrogens with one attached hydrogen (secondary N) is 1. The Morgan fingerprint density at radius 1 is 1.29 bits per heavy atom. The Hall–Kier alpha value is -2.17. The lowest BCUT2D eigenvalue weighted by Gasteiger charge is -2.06. The minimum absolute atomic E-state index is 0.555. The van der Waals surface area contributed by atoms with Crippen LogP contribution in [0.5, 0.6) is 5.88 Å². The lowest BCUT2D eigenvalue weighted by Crippen LogP contribution is -2.04. The fourth-order valence-corrected chi connectivity index (χ4v) is 1.34. The molecule has 0 aliphatic carbocycles. The third-order valence-corrected chi connectivity index (χ3v) is 2.10. The van der Waals surface area contributed by atoms with Gasteiger partial charge in [0.05, 0.1) is 6.61 Å². The van der Waals surface area contributed by atoms with Gasteiger partial charge in [-0.1, -0.05) is 6.07 Å². The number of anilines is 1. The summed E-state index contributed by atoms with van der Waals surface area (Å²) in [6.45, 7) is 3.16. The first kappa shape index (κ1) is 11.3. The fraction of sp³-hybridized carbons (Fsp3) is 0.250. The second-order valence-corrected chi connectivity index (χ2v) is 3.37. The summed E-state index contributed by atoms with van der Waals surface area (Å²) in [5, 5.41) is 3.12. The van der Waals surface area contributed by atoms with Crippen LogP contribution in [0, 0.1) is 0 Å².